The largest absolute Gasteiger partial charge is 0.392 e. The summed E-state index contributed by atoms with van der Waals surface area (Å²) in [5.41, 5.74) is 1.02. The van der Waals surface area contributed by atoms with Gasteiger partial charge in [-0.25, -0.2) is 4.98 Å². The van der Waals surface area contributed by atoms with Gasteiger partial charge >= 0.3 is 0 Å². The normalized spacial score (nSPS) is 20.5. The molecule has 124 valence electrons. The SMILES string of the molecule is C[C@H](CNC(=O)CN1CCC[C@@H](O)C1)c1nc2ccccc2s1. The molecule has 1 fully saturated rings. The van der Waals surface area contributed by atoms with Crippen molar-refractivity contribution in [2.24, 2.45) is 0 Å². The van der Waals surface area contributed by atoms with Crippen molar-refractivity contribution >= 4 is 27.5 Å². The number of piperidine rings is 1. The summed E-state index contributed by atoms with van der Waals surface area (Å²) in [5.74, 6) is 0.218. The Bertz CT molecular complexity index is 640. The highest BCUT2D eigenvalue weighted by Crippen LogP contribution is 2.26. The third-order valence-corrected chi connectivity index (χ3v) is 5.45. The molecule has 2 atom stereocenters. The summed E-state index contributed by atoms with van der Waals surface area (Å²) in [6.45, 7) is 4.53. The molecule has 0 spiro atoms. The lowest BCUT2D eigenvalue weighted by Crippen LogP contribution is -2.44. The van der Waals surface area contributed by atoms with E-state index in [0.29, 0.717) is 19.6 Å². The maximum Gasteiger partial charge on any atom is 0.234 e. The Morgan fingerprint density at radius 1 is 1.52 bits per heavy atom. The number of β-amino-alcohol motifs (C(OH)–C–C–N with tert-alkyl or cyclic N) is 1. The van der Waals surface area contributed by atoms with Gasteiger partial charge < -0.3 is 10.4 Å². The summed E-state index contributed by atoms with van der Waals surface area (Å²) in [4.78, 5) is 18.7. The highest BCUT2D eigenvalue weighted by molar-refractivity contribution is 7.18. The van der Waals surface area contributed by atoms with Crippen LogP contribution in [0.25, 0.3) is 10.2 Å². The number of likely N-dealkylation sites (tertiary alicyclic amines) is 1. The van der Waals surface area contributed by atoms with Gasteiger partial charge in [-0.05, 0) is 31.5 Å². The van der Waals surface area contributed by atoms with Crippen molar-refractivity contribution in [1.82, 2.24) is 15.2 Å². The summed E-state index contributed by atoms with van der Waals surface area (Å²) in [7, 11) is 0. The van der Waals surface area contributed by atoms with E-state index in [9.17, 15) is 9.90 Å². The van der Waals surface area contributed by atoms with E-state index in [4.69, 9.17) is 0 Å². The van der Waals surface area contributed by atoms with E-state index >= 15 is 0 Å². The number of aliphatic hydroxyl groups excluding tert-OH is 1. The molecule has 5 nitrogen and oxygen atoms in total. The number of aromatic nitrogens is 1. The third kappa shape index (κ3) is 4.28. The molecule has 0 radical (unpaired) electrons. The zero-order valence-corrected chi connectivity index (χ0v) is 14.2. The predicted octanol–water partition coefficient (Wildman–Crippen LogP) is 1.97. The van der Waals surface area contributed by atoms with Crippen LogP contribution in [0.1, 0.15) is 30.7 Å². The van der Waals surface area contributed by atoms with Gasteiger partial charge in [0.1, 0.15) is 0 Å². The van der Waals surface area contributed by atoms with Crippen LogP contribution in [0.5, 0.6) is 0 Å². The minimum Gasteiger partial charge on any atom is -0.392 e. The van der Waals surface area contributed by atoms with Gasteiger partial charge in [0, 0.05) is 19.0 Å². The van der Waals surface area contributed by atoms with Crippen molar-refractivity contribution in [1.29, 1.82) is 0 Å². The van der Waals surface area contributed by atoms with Gasteiger partial charge in [0.05, 0.1) is 27.9 Å². The number of amides is 1. The number of thiazole rings is 1. The number of nitrogens with zero attached hydrogens (tertiary/aromatic N) is 2. The zero-order valence-electron chi connectivity index (χ0n) is 13.4. The molecule has 1 saturated heterocycles. The van der Waals surface area contributed by atoms with Crippen molar-refractivity contribution in [2.45, 2.75) is 31.8 Å². The number of carbonyl (C=O) groups excluding carboxylic acids is 1. The summed E-state index contributed by atoms with van der Waals surface area (Å²) in [6, 6.07) is 8.10. The average Bonchev–Trinajstić information content (AvgIpc) is 2.97. The lowest BCUT2D eigenvalue weighted by molar-refractivity contribution is -0.122. The van der Waals surface area contributed by atoms with Crippen molar-refractivity contribution in [3.05, 3.63) is 29.3 Å². The lowest BCUT2D eigenvalue weighted by atomic mass is 10.1. The standard InChI is InChI=1S/C17H23N3O2S/c1-12(17-19-14-6-2-3-7-15(14)23-17)9-18-16(22)11-20-8-4-5-13(21)10-20/h2-3,6-7,12-13,21H,4-5,8-11H2,1H3,(H,18,22)/t12-,13-/m1/s1. The van der Waals surface area contributed by atoms with E-state index in [1.165, 1.54) is 4.70 Å². The van der Waals surface area contributed by atoms with Gasteiger partial charge in [-0.1, -0.05) is 19.1 Å². The molecule has 6 heteroatoms. The fourth-order valence-electron chi connectivity index (χ4n) is 2.89. The molecule has 0 saturated carbocycles. The number of hydrogen-bond acceptors (Lipinski definition) is 5. The summed E-state index contributed by atoms with van der Waals surface area (Å²) in [6.07, 6.45) is 1.50. The highest BCUT2D eigenvalue weighted by atomic mass is 32.1. The number of fused-ring (bicyclic) bond motifs is 1. The smallest absolute Gasteiger partial charge is 0.234 e. The number of benzene rings is 1. The molecule has 23 heavy (non-hydrogen) atoms. The molecule has 1 aliphatic rings. The van der Waals surface area contributed by atoms with E-state index < -0.39 is 0 Å². The second-order valence-corrected chi connectivity index (χ2v) is 7.32. The molecule has 3 rings (SSSR count). The van der Waals surface area contributed by atoms with Crippen molar-refractivity contribution in [2.75, 3.05) is 26.2 Å². The Balaban J connectivity index is 1.50. The molecule has 2 heterocycles. The number of para-hydroxylation sites is 1. The van der Waals surface area contributed by atoms with Crippen LogP contribution in [-0.4, -0.2) is 53.2 Å². The van der Waals surface area contributed by atoms with Crippen LogP contribution in [-0.2, 0) is 4.79 Å². The predicted molar refractivity (Wildman–Crippen MR) is 92.7 cm³/mol. The number of aliphatic hydroxyl groups is 1. The molecule has 2 aromatic rings. The zero-order chi connectivity index (χ0) is 16.2. The van der Waals surface area contributed by atoms with Crippen LogP contribution < -0.4 is 5.32 Å². The van der Waals surface area contributed by atoms with Gasteiger partial charge in [0.15, 0.2) is 0 Å². The second-order valence-electron chi connectivity index (χ2n) is 6.26. The Labute approximate surface area is 140 Å². The Hall–Kier alpha value is -1.50. The fourth-order valence-corrected chi connectivity index (χ4v) is 3.91. The van der Waals surface area contributed by atoms with Crippen LogP contribution in [0.2, 0.25) is 0 Å². The van der Waals surface area contributed by atoms with Gasteiger partial charge in [-0.15, -0.1) is 11.3 Å². The van der Waals surface area contributed by atoms with E-state index in [2.05, 4.69) is 23.3 Å². The van der Waals surface area contributed by atoms with Crippen LogP contribution >= 0.6 is 11.3 Å². The summed E-state index contributed by atoms with van der Waals surface area (Å²) < 4.78 is 1.18. The van der Waals surface area contributed by atoms with E-state index in [0.717, 1.165) is 29.9 Å². The van der Waals surface area contributed by atoms with Crippen LogP contribution in [0.3, 0.4) is 0 Å². The van der Waals surface area contributed by atoms with E-state index in [1.54, 1.807) is 11.3 Å². The van der Waals surface area contributed by atoms with Gasteiger partial charge in [0.2, 0.25) is 5.91 Å². The van der Waals surface area contributed by atoms with Crippen molar-refractivity contribution < 1.29 is 9.90 Å². The first-order valence-electron chi connectivity index (χ1n) is 8.14. The van der Waals surface area contributed by atoms with E-state index in [-0.39, 0.29) is 17.9 Å². The third-order valence-electron chi connectivity index (χ3n) is 4.19. The molecule has 0 bridgehead atoms. The van der Waals surface area contributed by atoms with Crippen LogP contribution in [0, 0.1) is 0 Å². The molecule has 1 aromatic heterocycles. The molecule has 2 N–H and O–H groups in total. The quantitative estimate of drug-likeness (QED) is 0.878. The number of hydrogen-bond donors (Lipinski definition) is 2. The molecule has 1 aliphatic heterocycles. The first-order valence-corrected chi connectivity index (χ1v) is 8.96. The first-order chi connectivity index (χ1) is 11.1. The number of carbonyl (C=O) groups is 1. The summed E-state index contributed by atoms with van der Waals surface area (Å²) in [5, 5.41) is 13.7. The molecular formula is C17H23N3O2S. The highest BCUT2D eigenvalue weighted by Gasteiger charge is 2.20. The van der Waals surface area contributed by atoms with Gasteiger partial charge in [-0.3, -0.25) is 9.69 Å². The lowest BCUT2D eigenvalue weighted by Gasteiger charge is -2.29. The van der Waals surface area contributed by atoms with Gasteiger partial charge in [0.25, 0.3) is 0 Å². The Morgan fingerprint density at radius 3 is 3.13 bits per heavy atom. The van der Waals surface area contributed by atoms with Crippen molar-refractivity contribution in [3.63, 3.8) is 0 Å². The number of rotatable bonds is 5. The van der Waals surface area contributed by atoms with Crippen LogP contribution in [0.4, 0.5) is 0 Å². The minimum atomic E-state index is -0.293. The van der Waals surface area contributed by atoms with Gasteiger partial charge in [-0.2, -0.15) is 0 Å². The molecule has 0 aliphatic carbocycles. The van der Waals surface area contributed by atoms with Crippen LogP contribution in [0.15, 0.2) is 24.3 Å². The minimum absolute atomic E-state index is 0.0204. The summed E-state index contributed by atoms with van der Waals surface area (Å²) >= 11 is 1.69. The van der Waals surface area contributed by atoms with E-state index in [1.807, 2.05) is 23.1 Å². The molecule has 0 unspecified atom stereocenters. The topological polar surface area (TPSA) is 65.5 Å². The molecular weight excluding hydrogens is 310 g/mol. The van der Waals surface area contributed by atoms with Crippen molar-refractivity contribution in [3.8, 4) is 0 Å². The monoisotopic (exact) mass is 333 g/mol. The molecule has 1 aromatic carbocycles. The Kier molecular flexibility index (Phi) is 5.25. The maximum absolute atomic E-state index is 12.1. The Morgan fingerprint density at radius 2 is 2.35 bits per heavy atom. The number of nitrogens with one attached hydrogen (secondary N) is 1. The second kappa shape index (κ2) is 7.38. The molecule has 1 amide bonds. The first kappa shape index (κ1) is 16.4. The maximum atomic E-state index is 12.1. The average molecular weight is 333 g/mol. The fraction of sp³-hybridized carbons (Fsp3) is 0.529.